The Kier molecular flexibility index (Phi) is 4.17. The maximum atomic E-state index is 6.13. The van der Waals surface area contributed by atoms with Crippen LogP contribution < -0.4 is 0 Å². The van der Waals surface area contributed by atoms with Gasteiger partial charge in [-0.05, 0) is 41.6 Å². The van der Waals surface area contributed by atoms with Crippen molar-refractivity contribution in [1.82, 2.24) is 30.3 Å². The largest absolute Gasteiger partial charge is 0.334 e. The van der Waals surface area contributed by atoms with Crippen molar-refractivity contribution in [3.63, 3.8) is 0 Å². The van der Waals surface area contributed by atoms with Gasteiger partial charge in [-0.15, -0.1) is 10.2 Å². The number of nitrogens with zero attached hydrogens (tertiary/aromatic N) is 6. The molecule has 0 unspecified atom stereocenters. The van der Waals surface area contributed by atoms with Gasteiger partial charge in [-0.25, -0.2) is 0 Å². The van der Waals surface area contributed by atoms with Gasteiger partial charge in [0, 0.05) is 10.6 Å². The molecule has 0 radical (unpaired) electrons. The second kappa shape index (κ2) is 6.62. The Morgan fingerprint density at radius 3 is 2.60 bits per heavy atom. The quantitative estimate of drug-likeness (QED) is 0.542. The van der Waals surface area contributed by atoms with Gasteiger partial charge in [0.05, 0.1) is 10.6 Å². The topological polar surface area (TPSA) is 82.5 Å². The summed E-state index contributed by atoms with van der Waals surface area (Å²) < 4.78 is 5.26. The summed E-state index contributed by atoms with van der Waals surface area (Å²) in [6.07, 6.45) is 0. The van der Waals surface area contributed by atoms with Crippen LogP contribution in [-0.2, 0) is 6.54 Å². The third-order valence-electron chi connectivity index (χ3n) is 3.41. The minimum atomic E-state index is 0.231. The van der Waals surface area contributed by atoms with Crippen LogP contribution in [0.3, 0.4) is 0 Å². The first-order valence-corrected chi connectivity index (χ1v) is 8.06. The number of hydrogen-bond donors (Lipinski definition) is 0. The molecule has 0 saturated heterocycles. The van der Waals surface area contributed by atoms with Crippen molar-refractivity contribution in [1.29, 1.82) is 0 Å². The van der Waals surface area contributed by atoms with E-state index in [1.165, 1.54) is 4.80 Å². The lowest BCUT2D eigenvalue weighted by Gasteiger charge is -1.96. The molecule has 0 amide bonds. The highest BCUT2D eigenvalue weighted by atomic mass is 35.5. The Morgan fingerprint density at radius 1 is 1.00 bits per heavy atom. The lowest BCUT2D eigenvalue weighted by Crippen LogP contribution is -2.05. The van der Waals surface area contributed by atoms with E-state index in [0.29, 0.717) is 33.1 Å². The van der Waals surface area contributed by atoms with Gasteiger partial charge < -0.3 is 4.52 Å². The van der Waals surface area contributed by atoms with Gasteiger partial charge in [0.2, 0.25) is 5.82 Å². The van der Waals surface area contributed by atoms with E-state index in [0.717, 1.165) is 5.56 Å². The van der Waals surface area contributed by atoms with Crippen LogP contribution >= 0.6 is 23.2 Å². The van der Waals surface area contributed by atoms with Crippen molar-refractivity contribution < 1.29 is 4.52 Å². The third-order valence-corrected chi connectivity index (χ3v) is 3.99. The van der Waals surface area contributed by atoms with Crippen molar-refractivity contribution in [2.45, 2.75) is 6.54 Å². The molecule has 2 aromatic heterocycles. The zero-order chi connectivity index (χ0) is 17.2. The van der Waals surface area contributed by atoms with Crippen LogP contribution in [0, 0.1) is 0 Å². The molecule has 2 aromatic carbocycles. The second-order valence-corrected chi connectivity index (χ2v) is 5.99. The maximum absolute atomic E-state index is 6.13. The van der Waals surface area contributed by atoms with Gasteiger partial charge in [-0.1, -0.05) is 40.5 Å². The fourth-order valence-electron chi connectivity index (χ4n) is 2.21. The summed E-state index contributed by atoms with van der Waals surface area (Å²) in [6, 6.07) is 14.5. The van der Waals surface area contributed by atoms with Gasteiger partial charge in [0.25, 0.3) is 5.89 Å². The van der Waals surface area contributed by atoms with Crippen LogP contribution in [0.4, 0.5) is 0 Å². The zero-order valence-corrected chi connectivity index (χ0v) is 14.2. The monoisotopic (exact) mass is 372 g/mol. The molecule has 0 fully saturated rings. The Labute approximate surface area is 152 Å². The number of benzene rings is 2. The van der Waals surface area contributed by atoms with Crippen LogP contribution in [0.25, 0.3) is 22.8 Å². The van der Waals surface area contributed by atoms with E-state index < -0.39 is 0 Å². The molecule has 4 rings (SSSR count). The summed E-state index contributed by atoms with van der Waals surface area (Å²) in [5.41, 5.74) is 1.50. The van der Waals surface area contributed by atoms with Crippen LogP contribution in [0.2, 0.25) is 10.0 Å². The highest BCUT2D eigenvalue weighted by Gasteiger charge is 2.13. The highest BCUT2D eigenvalue weighted by Crippen LogP contribution is 2.25. The molecular formula is C16H10Cl2N6O. The Morgan fingerprint density at radius 2 is 1.80 bits per heavy atom. The van der Waals surface area contributed by atoms with E-state index in [2.05, 4.69) is 25.6 Å². The average molecular weight is 373 g/mol. The summed E-state index contributed by atoms with van der Waals surface area (Å²) in [4.78, 5) is 5.72. The van der Waals surface area contributed by atoms with Gasteiger partial charge in [-0.2, -0.15) is 9.78 Å². The molecule has 4 aromatic rings. The summed E-state index contributed by atoms with van der Waals surface area (Å²) in [5.74, 6) is 1.26. The van der Waals surface area contributed by atoms with Crippen LogP contribution in [0.15, 0.2) is 53.1 Å². The number of rotatable bonds is 4. The van der Waals surface area contributed by atoms with Crippen molar-refractivity contribution in [2.75, 3.05) is 0 Å². The molecule has 0 bridgehead atoms. The molecule has 0 aliphatic carbocycles. The van der Waals surface area contributed by atoms with Crippen molar-refractivity contribution in [3.05, 3.63) is 64.4 Å². The first-order valence-electron chi connectivity index (χ1n) is 7.30. The Balaban J connectivity index is 1.54. The fraction of sp³-hybridized carbons (Fsp3) is 0.0625. The molecule has 0 N–H and O–H groups in total. The molecule has 0 spiro atoms. The van der Waals surface area contributed by atoms with Crippen LogP contribution in [0.5, 0.6) is 0 Å². The van der Waals surface area contributed by atoms with E-state index in [1.54, 1.807) is 18.2 Å². The first-order chi connectivity index (χ1) is 12.2. The SMILES string of the molecule is Clc1ccc(-c2nnn(Cc3noc(-c4ccccc4Cl)n3)n2)cc1. The first kappa shape index (κ1) is 15.7. The van der Waals surface area contributed by atoms with E-state index in [4.69, 9.17) is 27.7 Å². The van der Waals surface area contributed by atoms with E-state index >= 15 is 0 Å². The molecule has 124 valence electrons. The standard InChI is InChI=1S/C16H10Cl2N6O/c17-11-7-5-10(6-8-11)15-20-23-24(21-15)9-14-19-16(25-22-14)12-3-1-2-4-13(12)18/h1-8H,9H2. The highest BCUT2D eigenvalue weighted by molar-refractivity contribution is 6.33. The molecule has 0 saturated carbocycles. The normalized spacial score (nSPS) is 11.0. The summed E-state index contributed by atoms with van der Waals surface area (Å²) in [6.45, 7) is 0.231. The molecule has 9 heteroatoms. The van der Waals surface area contributed by atoms with Crippen molar-refractivity contribution >= 4 is 23.2 Å². The van der Waals surface area contributed by atoms with Crippen LogP contribution in [-0.4, -0.2) is 30.3 Å². The fourth-order valence-corrected chi connectivity index (χ4v) is 2.56. The van der Waals surface area contributed by atoms with Gasteiger partial charge >= 0.3 is 0 Å². The minimum absolute atomic E-state index is 0.231. The molecule has 7 nitrogen and oxygen atoms in total. The predicted molar refractivity (Wildman–Crippen MR) is 92.1 cm³/mol. The molecule has 25 heavy (non-hydrogen) atoms. The maximum Gasteiger partial charge on any atom is 0.259 e. The van der Waals surface area contributed by atoms with E-state index in [-0.39, 0.29) is 6.54 Å². The van der Waals surface area contributed by atoms with Crippen molar-refractivity contribution in [3.8, 4) is 22.8 Å². The zero-order valence-electron chi connectivity index (χ0n) is 12.7. The third kappa shape index (κ3) is 3.38. The molecule has 0 aliphatic rings. The second-order valence-electron chi connectivity index (χ2n) is 5.15. The number of aromatic nitrogens is 6. The summed E-state index contributed by atoms with van der Waals surface area (Å²) in [5, 5.41) is 17.5. The van der Waals surface area contributed by atoms with Crippen LogP contribution in [0.1, 0.15) is 5.82 Å². The smallest absolute Gasteiger partial charge is 0.259 e. The summed E-state index contributed by atoms with van der Waals surface area (Å²) >= 11 is 12.0. The minimum Gasteiger partial charge on any atom is -0.334 e. The predicted octanol–water partition coefficient (Wildman–Crippen LogP) is 3.75. The number of halogens is 2. The molecule has 2 heterocycles. The number of hydrogen-bond acceptors (Lipinski definition) is 6. The Hall–Kier alpha value is -2.77. The van der Waals surface area contributed by atoms with E-state index in [1.807, 2.05) is 30.3 Å². The van der Waals surface area contributed by atoms with Gasteiger partial charge in [0.15, 0.2) is 5.82 Å². The molecule has 0 atom stereocenters. The number of tetrazole rings is 1. The Bertz CT molecular complexity index is 1010. The lowest BCUT2D eigenvalue weighted by atomic mass is 10.2. The molecule has 0 aliphatic heterocycles. The average Bonchev–Trinajstić information content (AvgIpc) is 3.26. The van der Waals surface area contributed by atoms with Crippen molar-refractivity contribution in [2.24, 2.45) is 0 Å². The van der Waals surface area contributed by atoms with E-state index in [9.17, 15) is 0 Å². The van der Waals surface area contributed by atoms with Gasteiger partial charge in [-0.3, -0.25) is 0 Å². The molecular weight excluding hydrogens is 363 g/mol. The summed E-state index contributed by atoms with van der Waals surface area (Å²) in [7, 11) is 0. The van der Waals surface area contributed by atoms with Gasteiger partial charge in [0.1, 0.15) is 6.54 Å². The lowest BCUT2D eigenvalue weighted by molar-refractivity contribution is 0.415.